The van der Waals surface area contributed by atoms with Gasteiger partial charge in [0, 0.05) is 24.1 Å². The molecule has 0 aliphatic carbocycles. The fourth-order valence-corrected chi connectivity index (χ4v) is 2.79. The number of anilines is 2. The number of ether oxygens (including phenoxy) is 2. The van der Waals surface area contributed by atoms with Crippen molar-refractivity contribution >= 4 is 17.4 Å². The molecule has 0 saturated heterocycles. The van der Waals surface area contributed by atoms with Crippen LogP contribution in [-0.4, -0.2) is 27.2 Å². The summed E-state index contributed by atoms with van der Waals surface area (Å²) in [7, 11) is 0. The van der Waals surface area contributed by atoms with Crippen molar-refractivity contribution in [2.75, 3.05) is 10.6 Å². The third-order valence-electron chi connectivity index (χ3n) is 4.19. The highest BCUT2D eigenvalue weighted by Crippen LogP contribution is 2.30. The number of urea groups is 1. The number of alkyl halides is 3. The number of hydrogen-bond donors (Lipinski definition) is 2. The summed E-state index contributed by atoms with van der Waals surface area (Å²) in [6.07, 6.45) is -1.19. The van der Waals surface area contributed by atoms with Crippen LogP contribution >= 0.6 is 0 Å². The number of benzene rings is 2. The quantitative estimate of drug-likeness (QED) is 0.395. The molecule has 2 amide bonds. The van der Waals surface area contributed by atoms with Gasteiger partial charge in [-0.25, -0.2) is 4.79 Å². The van der Waals surface area contributed by atoms with Gasteiger partial charge in [0.25, 0.3) is 0 Å². The Balaban J connectivity index is 1.35. The summed E-state index contributed by atoms with van der Waals surface area (Å²) in [6, 6.07) is 18.0. The zero-order valence-electron chi connectivity index (χ0n) is 16.8. The molecule has 33 heavy (non-hydrogen) atoms. The molecule has 0 bridgehead atoms. The second kappa shape index (κ2) is 9.30. The number of rotatable bonds is 6. The van der Waals surface area contributed by atoms with Crippen LogP contribution in [0, 0.1) is 0 Å². The molecule has 4 aromatic rings. The van der Waals surface area contributed by atoms with Crippen molar-refractivity contribution in [3.63, 3.8) is 0 Å². The molecule has 0 spiro atoms. The van der Waals surface area contributed by atoms with E-state index in [0.717, 1.165) is 6.07 Å². The summed E-state index contributed by atoms with van der Waals surface area (Å²) in [5.41, 5.74) is 0.261. The first kappa shape index (κ1) is 21.7. The summed E-state index contributed by atoms with van der Waals surface area (Å²) >= 11 is 0. The van der Waals surface area contributed by atoms with Crippen molar-refractivity contribution in [3.05, 3.63) is 85.2 Å². The second-order valence-corrected chi connectivity index (χ2v) is 6.57. The lowest BCUT2D eigenvalue weighted by atomic mass is 10.3. The number of para-hydroxylation sites is 2. The lowest BCUT2D eigenvalue weighted by Crippen LogP contribution is -2.22. The normalized spacial score (nSPS) is 11.0. The number of aromatic nitrogens is 3. The van der Waals surface area contributed by atoms with E-state index in [2.05, 4.69) is 25.6 Å². The third kappa shape index (κ3) is 6.00. The van der Waals surface area contributed by atoms with Gasteiger partial charge in [-0.3, -0.25) is 0 Å². The maximum absolute atomic E-state index is 12.5. The zero-order chi connectivity index (χ0) is 23.3. The molecular weight excluding hydrogens is 439 g/mol. The number of nitrogens with zero attached hydrogens (tertiary/aromatic N) is 3. The van der Waals surface area contributed by atoms with Crippen LogP contribution in [0.3, 0.4) is 0 Å². The van der Waals surface area contributed by atoms with E-state index in [9.17, 15) is 18.0 Å². The number of amides is 2. The standard InChI is InChI=1S/C22H16F3N5O3/c23-22(24,25)33-18-6-2-1-5-17(18)27-21(31)26-15-7-9-16(10-8-15)32-20-12-11-19(28-29-20)30-13-3-4-14-30/h1-14H,(H2,26,27,31). The molecule has 8 nitrogen and oxygen atoms in total. The van der Waals surface area contributed by atoms with Crippen LogP contribution < -0.4 is 20.1 Å². The highest BCUT2D eigenvalue weighted by atomic mass is 19.4. The van der Waals surface area contributed by atoms with E-state index < -0.39 is 18.1 Å². The lowest BCUT2D eigenvalue weighted by Gasteiger charge is -2.14. The van der Waals surface area contributed by atoms with Crippen molar-refractivity contribution in [2.45, 2.75) is 6.36 Å². The van der Waals surface area contributed by atoms with Crippen molar-refractivity contribution in [1.82, 2.24) is 14.8 Å². The maximum Gasteiger partial charge on any atom is 0.573 e. The van der Waals surface area contributed by atoms with E-state index in [-0.39, 0.29) is 11.6 Å². The molecule has 168 valence electrons. The van der Waals surface area contributed by atoms with E-state index in [1.807, 2.05) is 24.5 Å². The Morgan fingerprint density at radius 2 is 1.58 bits per heavy atom. The summed E-state index contributed by atoms with van der Waals surface area (Å²) in [5.74, 6) is 0.853. The predicted molar refractivity (Wildman–Crippen MR) is 114 cm³/mol. The number of carbonyl (C=O) groups excluding carboxylic acids is 1. The maximum atomic E-state index is 12.5. The van der Waals surface area contributed by atoms with Crippen molar-refractivity contribution in [2.24, 2.45) is 0 Å². The van der Waals surface area contributed by atoms with Gasteiger partial charge in [0.15, 0.2) is 11.6 Å². The van der Waals surface area contributed by atoms with Gasteiger partial charge < -0.3 is 24.7 Å². The topological polar surface area (TPSA) is 90.3 Å². The number of hydrogen-bond acceptors (Lipinski definition) is 5. The van der Waals surface area contributed by atoms with Gasteiger partial charge in [-0.1, -0.05) is 12.1 Å². The van der Waals surface area contributed by atoms with Gasteiger partial charge in [-0.15, -0.1) is 23.4 Å². The van der Waals surface area contributed by atoms with Gasteiger partial charge in [0.05, 0.1) is 5.69 Å². The average molecular weight is 455 g/mol. The fourth-order valence-electron chi connectivity index (χ4n) is 2.79. The monoisotopic (exact) mass is 455 g/mol. The largest absolute Gasteiger partial charge is 0.573 e. The highest BCUT2D eigenvalue weighted by Gasteiger charge is 2.32. The van der Waals surface area contributed by atoms with Crippen LogP contribution in [0.15, 0.2) is 85.2 Å². The Bertz CT molecular complexity index is 1210. The molecule has 4 rings (SSSR count). The van der Waals surface area contributed by atoms with Gasteiger partial charge in [0.2, 0.25) is 5.88 Å². The molecule has 0 atom stereocenters. The lowest BCUT2D eigenvalue weighted by molar-refractivity contribution is -0.274. The van der Waals surface area contributed by atoms with Crippen LogP contribution in [0.25, 0.3) is 5.82 Å². The summed E-state index contributed by atoms with van der Waals surface area (Å²) < 4.78 is 48.9. The SMILES string of the molecule is O=C(Nc1ccc(Oc2ccc(-n3cccc3)nn2)cc1)Nc1ccccc1OC(F)(F)F. The van der Waals surface area contributed by atoms with Gasteiger partial charge in [0.1, 0.15) is 5.75 Å². The summed E-state index contributed by atoms with van der Waals surface area (Å²) in [6.45, 7) is 0. The molecule has 0 unspecified atom stereocenters. The predicted octanol–water partition coefficient (Wildman–Crippen LogP) is 5.60. The molecule has 0 fully saturated rings. The van der Waals surface area contributed by atoms with E-state index in [0.29, 0.717) is 17.3 Å². The van der Waals surface area contributed by atoms with E-state index in [1.165, 1.54) is 18.2 Å². The first-order valence-electron chi connectivity index (χ1n) is 9.53. The van der Waals surface area contributed by atoms with Crippen LogP contribution in [0.2, 0.25) is 0 Å². The van der Waals surface area contributed by atoms with Crippen molar-refractivity contribution in [3.8, 4) is 23.2 Å². The van der Waals surface area contributed by atoms with Crippen LogP contribution in [0.1, 0.15) is 0 Å². The Morgan fingerprint density at radius 1 is 0.848 bits per heavy atom. The third-order valence-corrected chi connectivity index (χ3v) is 4.19. The molecule has 0 saturated carbocycles. The molecule has 0 aliphatic heterocycles. The second-order valence-electron chi connectivity index (χ2n) is 6.57. The zero-order valence-corrected chi connectivity index (χ0v) is 16.8. The first-order valence-corrected chi connectivity index (χ1v) is 9.53. The Labute approximate surface area is 185 Å². The van der Waals surface area contributed by atoms with E-state index >= 15 is 0 Å². The minimum absolute atomic E-state index is 0.130. The molecule has 2 heterocycles. The molecule has 11 heteroatoms. The van der Waals surface area contributed by atoms with Crippen LogP contribution in [0.5, 0.6) is 17.4 Å². The fraction of sp³-hybridized carbons (Fsp3) is 0.0455. The van der Waals surface area contributed by atoms with Crippen LogP contribution in [-0.2, 0) is 0 Å². The number of halogens is 3. The smallest absolute Gasteiger partial charge is 0.438 e. The molecular formula is C22H16F3N5O3. The van der Waals surface area contributed by atoms with Crippen LogP contribution in [0.4, 0.5) is 29.3 Å². The Kier molecular flexibility index (Phi) is 6.11. The summed E-state index contributed by atoms with van der Waals surface area (Å²) in [5, 5.41) is 12.9. The minimum atomic E-state index is -4.88. The summed E-state index contributed by atoms with van der Waals surface area (Å²) in [4.78, 5) is 12.2. The number of nitrogens with one attached hydrogen (secondary N) is 2. The average Bonchev–Trinajstić information content (AvgIpc) is 3.31. The molecule has 2 aromatic carbocycles. The highest BCUT2D eigenvalue weighted by molar-refractivity contribution is 6.00. The molecule has 0 aliphatic rings. The first-order chi connectivity index (χ1) is 15.9. The molecule has 2 N–H and O–H groups in total. The Hall–Kier alpha value is -4.54. The number of carbonyl (C=O) groups is 1. The van der Waals surface area contributed by atoms with Gasteiger partial charge >= 0.3 is 12.4 Å². The van der Waals surface area contributed by atoms with Gasteiger partial charge in [-0.05, 0) is 54.6 Å². The van der Waals surface area contributed by atoms with Crippen molar-refractivity contribution in [1.29, 1.82) is 0 Å². The van der Waals surface area contributed by atoms with Crippen molar-refractivity contribution < 1.29 is 27.4 Å². The molecule has 0 radical (unpaired) electrons. The Morgan fingerprint density at radius 3 is 2.24 bits per heavy atom. The van der Waals surface area contributed by atoms with E-state index in [1.54, 1.807) is 41.0 Å². The van der Waals surface area contributed by atoms with Gasteiger partial charge in [-0.2, -0.15) is 0 Å². The minimum Gasteiger partial charge on any atom is -0.438 e. The molecule has 2 aromatic heterocycles. The van der Waals surface area contributed by atoms with E-state index in [4.69, 9.17) is 4.74 Å².